The Morgan fingerprint density at radius 3 is 2.65 bits per heavy atom. The molecule has 0 spiro atoms. The van der Waals surface area contributed by atoms with Crippen LogP contribution < -0.4 is 10.6 Å². The number of hydrogen-bond acceptors (Lipinski definition) is 6. The zero-order chi connectivity index (χ0) is 18.5. The summed E-state index contributed by atoms with van der Waals surface area (Å²) in [7, 11) is 1.87. The van der Waals surface area contributed by atoms with Crippen LogP contribution in [0.1, 0.15) is 24.5 Å². The summed E-state index contributed by atoms with van der Waals surface area (Å²) in [4.78, 5) is 26.6. The lowest BCUT2D eigenvalue weighted by atomic mass is 10.00. The molecule has 2 aromatic heterocycles. The normalized spacial score (nSPS) is 17.2. The Hall–Kier alpha value is -3.00. The summed E-state index contributed by atoms with van der Waals surface area (Å²) in [5.41, 5.74) is 0.801. The van der Waals surface area contributed by atoms with Gasteiger partial charge in [-0.05, 0) is 38.2 Å². The molecule has 0 saturated carbocycles. The van der Waals surface area contributed by atoms with E-state index in [1.807, 2.05) is 24.1 Å². The largest absolute Gasteiger partial charge is 0.468 e. The summed E-state index contributed by atoms with van der Waals surface area (Å²) in [6, 6.07) is 5.98. The molecule has 26 heavy (non-hydrogen) atoms. The molecular weight excluding hydrogens is 338 g/mol. The average Bonchev–Trinajstić information content (AvgIpc) is 3.27. The number of carbonyl (C=O) groups excluding carboxylic acids is 2. The maximum atomic E-state index is 12.6. The molecule has 0 bridgehead atoms. The van der Waals surface area contributed by atoms with Gasteiger partial charge < -0.3 is 24.2 Å². The van der Waals surface area contributed by atoms with Crippen LogP contribution in [0.2, 0.25) is 0 Å². The number of nitrogens with zero attached hydrogens (tertiary/aromatic N) is 1. The number of rotatable bonds is 7. The first kappa shape index (κ1) is 17.8. The molecule has 0 radical (unpaired) electrons. The highest BCUT2D eigenvalue weighted by molar-refractivity contribution is 5.95. The van der Waals surface area contributed by atoms with Gasteiger partial charge in [-0.3, -0.25) is 4.90 Å². The molecular formula is C18H21N3O5. The van der Waals surface area contributed by atoms with Crippen LogP contribution in [-0.4, -0.2) is 37.1 Å². The molecule has 8 heteroatoms. The molecule has 3 rings (SSSR count). The first-order chi connectivity index (χ1) is 12.6. The Kier molecular flexibility index (Phi) is 5.43. The number of nitrogens with one attached hydrogen (secondary N) is 2. The minimum atomic E-state index is -0.704. The van der Waals surface area contributed by atoms with Crippen molar-refractivity contribution < 1.29 is 23.2 Å². The maximum Gasteiger partial charge on any atom is 0.338 e. The van der Waals surface area contributed by atoms with Gasteiger partial charge in [-0.2, -0.15) is 0 Å². The summed E-state index contributed by atoms with van der Waals surface area (Å²) in [5, 5.41) is 5.44. The van der Waals surface area contributed by atoms with Gasteiger partial charge in [0.15, 0.2) is 0 Å². The lowest BCUT2D eigenvalue weighted by molar-refractivity contribution is -0.139. The van der Waals surface area contributed by atoms with Crippen molar-refractivity contribution in [2.45, 2.75) is 19.5 Å². The van der Waals surface area contributed by atoms with Crippen LogP contribution in [0.3, 0.4) is 0 Å². The number of urea groups is 1. The summed E-state index contributed by atoms with van der Waals surface area (Å²) < 4.78 is 15.9. The SMILES string of the molecule is CCOC(=O)C1=C(CN(C)Cc2ccco2)NC(=O)N[C@@H]1c1ccco1. The van der Waals surface area contributed by atoms with Crippen LogP contribution >= 0.6 is 0 Å². The molecule has 2 aromatic rings. The van der Waals surface area contributed by atoms with E-state index in [0.29, 0.717) is 30.1 Å². The van der Waals surface area contributed by atoms with Crippen molar-refractivity contribution in [1.29, 1.82) is 0 Å². The number of furan rings is 2. The van der Waals surface area contributed by atoms with Gasteiger partial charge in [-0.1, -0.05) is 0 Å². The minimum absolute atomic E-state index is 0.233. The topological polar surface area (TPSA) is 97.0 Å². The summed E-state index contributed by atoms with van der Waals surface area (Å²) >= 11 is 0. The molecule has 0 fully saturated rings. The van der Waals surface area contributed by atoms with Crippen LogP contribution in [-0.2, 0) is 16.1 Å². The standard InChI is InChI=1S/C18H21N3O5/c1-3-24-17(22)15-13(11-21(2)10-12-6-4-8-25-12)19-18(23)20-16(15)14-7-5-9-26-14/h4-9,16H,3,10-11H2,1-2H3,(H2,19,20,23)/t16-/m1/s1. The number of likely N-dealkylation sites (N-methyl/N-ethyl adjacent to an activating group) is 1. The second-order valence-corrected chi connectivity index (χ2v) is 5.91. The van der Waals surface area contributed by atoms with Gasteiger partial charge in [0.05, 0.1) is 31.3 Å². The lowest BCUT2D eigenvalue weighted by Crippen LogP contribution is -2.48. The van der Waals surface area contributed by atoms with E-state index in [-0.39, 0.29) is 6.61 Å². The van der Waals surface area contributed by atoms with Gasteiger partial charge in [-0.15, -0.1) is 0 Å². The summed E-state index contributed by atoms with van der Waals surface area (Å²) in [5.74, 6) is 0.755. The maximum absolute atomic E-state index is 12.6. The van der Waals surface area contributed by atoms with E-state index in [0.717, 1.165) is 5.76 Å². The first-order valence-electron chi connectivity index (χ1n) is 8.30. The molecule has 3 heterocycles. The van der Waals surface area contributed by atoms with Gasteiger partial charge >= 0.3 is 12.0 Å². The van der Waals surface area contributed by atoms with E-state index in [1.54, 1.807) is 25.3 Å². The molecule has 8 nitrogen and oxygen atoms in total. The van der Waals surface area contributed by atoms with E-state index < -0.39 is 18.0 Å². The van der Waals surface area contributed by atoms with Gasteiger partial charge in [0.1, 0.15) is 17.6 Å². The van der Waals surface area contributed by atoms with Crippen LogP contribution in [0.5, 0.6) is 0 Å². The fraction of sp³-hybridized carbons (Fsp3) is 0.333. The highest BCUT2D eigenvalue weighted by Crippen LogP contribution is 2.28. The van der Waals surface area contributed by atoms with Crippen molar-refractivity contribution in [2.24, 2.45) is 0 Å². The quantitative estimate of drug-likeness (QED) is 0.736. The van der Waals surface area contributed by atoms with Crippen molar-refractivity contribution >= 4 is 12.0 Å². The van der Waals surface area contributed by atoms with Crippen molar-refractivity contribution in [2.75, 3.05) is 20.2 Å². The third-order valence-corrected chi connectivity index (χ3v) is 3.91. The molecule has 2 N–H and O–H groups in total. The average molecular weight is 359 g/mol. The van der Waals surface area contributed by atoms with E-state index in [2.05, 4.69) is 10.6 Å². The summed E-state index contributed by atoms with van der Waals surface area (Å²) in [6.45, 7) is 2.83. The lowest BCUT2D eigenvalue weighted by Gasteiger charge is -2.29. The van der Waals surface area contributed by atoms with Gasteiger partial charge in [0.25, 0.3) is 0 Å². The van der Waals surface area contributed by atoms with E-state index in [9.17, 15) is 9.59 Å². The van der Waals surface area contributed by atoms with Crippen molar-refractivity contribution in [3.63, 3.8) is 0 Å². The zero-order valence-corrected chi connectivity index (χ0v) is 14.7. The predicted octanol–water partition coefficient (Wildman–Crippen LogP) is 2.18. The molecule has 0 aliphatic carbocycles. The zero-order valence-electron chi connectivity index (χ0n) is 14.7. The highest BCUT2D eigenvalue weighted by atomic mass is 16.5. The molecule has 1 aliphatic rings. The van der Waals surface area contributed by atoms with Crippen molar-refractivity contribution in [3.05, 3.63) is 59.6 Å². The second kappa shape index (κ2) is 7.92. The smallest absolute Gasteiger partial charge is 0.338 e. The van der Waals surface area contributed by atoms with Crippen LogP contribution in [0.4, 0.5) is 4.79 Å². The van der Waals surface area contributed by atoms with Crippen LogP contribution in [0.15, 0.2) is 56.9 Å². The van der Waals surface area contributed by atoms with E-state index in [4.69, 9.17) is 13.6 Å². The van der Waals surface area contributed by atoms with Crippen LogP contribution in [0.25, 0.3) is 0 Å². The second-order valence-electron chi connectivity index (χ2n) is 5.91. The Bertz CT molecular complexity index is 780. The highest BCUT2D eigenvalue weighted by Gasteiger charge is 2.35. The summed E-state index contributed by atoms with van der Waals surface area (Å²) in [6.07, 6.45) is 3.10. The monoisotopic (exact) mass is 359 g/mol. The number of carbonyl (C=O) groups is 2. The Balaban J connectivity index is 1.90. The molecule has 0 saturated heterocycles. The minimum Gasteiger partial charge on any atom is -0.468 e. The fourth-order valence-corrected chi connectivity index (χ4v) is 2.86. The third kappa shape index (κ3) is 3.97. The van der Waals surface area contributed by atoms with Crippen molar-refractivity contribution in [1.82, 2.24) is 15.5 Å². The van der Waals surface area contributed by atoms with Gasteiger partial charge in [-0.25, -0.2) is 9.59 Å². The van der Waals surface area contributed by atoms with E-state index >= 15 is 0 Å². The number of amides is 2. The molecule has 0 aromatic carbocycles. The number of esters is 1. The Labute approximate surface area is 150 Å². The third-order valence-electron chi connectivity index (χ3n) is 3.91. The van der Waals surface area contributed by atoms with Gasteiger partial charge in [0, 0.05) is 12.2 Å². The first-order valence-corrected chi connectivity index (χ1v) is 8.30. The molecule has 2 amide bonds. The Morgan fingerprint density at radius 1 is 1.23 bits per heavy atom. The Morgan fingerprint density at radius 2 is 2.00 bits per heavy atom. The molecule has 1 aliphatic heterocycles. The number of ether oxygens (including phenoxy) is 1. The van der Waals surface area contributed by atoms with Crippen LogP contribution in [0, 0.1) is 0 Å². The van der Waals surface area contributed by atoms with Gasteiger partial charge in [0.2, 0.25) is 0 Å². The molecule has 1 atom stereocenters. The number of hydrogen-bond donors (Lipinski definition) is 2. The fourth-order valence-electron chi connectivity index (χ4n) is 2.86. The predicted molar refractivity (Wildman–Crippen MR) is 91.8 cm³/mol. The molecule has 138 valence electrons. The van der Waals surface area contributed by atoms with Crippen molar-refractivity contribution in [3.8, 4) is 0 Å². The van der Waals surface area contributed by atoms with E-state index in [1.165, 1.54) is 6.26 Å². The molecule has 0 unspecified atom stereocenters.